The van der Waals surface area contributed by atoms with Gasteiger partial charge < -0.3 is 5.32 Å². The fraction of sp³-hybridized carbons (Fsp3) is 0.941. The molecule has 0 heterocycles. The van der Waals surface area contributed by atoms with Gasteiger partial charge in [-0.1, -0.05) is 65.7 Å². The lowest BCUT2D eigenvalue weighted by molar-refractivity contribution is -0.122. The number of amides is 1. The molecule has 0 unspecified atom stereocenters. The second-order valence-electron chi connectivity index (χ2n) is 6.32. The van der Waals surface area contributed by atoms with Crippen LogP contribution in [0.3, 0.4) is 0 Å². The number of carbonyl (C=O) groups is 1. The molecule has 0 aliphatic rings. The first-order valence-corrected chi connectivity index (χ1v) is 8.18. The minimum absolute atomic E-state index is 0.0785. The SMILES string of the molecule is CCCCC(=O)NC(C)(C)C.CCCCCCCC. The third-order valence-electron chi connectivity index (χ3n) is 2.73. The van der Waals surface area contributed by atoms with E-state index in [2.05, 4.69) is 26.1 Å². The highest BCUT2D eigenvalue weighted by Crippen LogP contribution is 2.03. The van der Waals surface area contributed by atoms with Crippen LogP contribution in [0.5, 0.6) is 0 Å². The van der Waals surface area contributed by atoms with E-state index in [1.807, 2.05) is 20.8 Å². The van der Waals surface area contributed by atoms with Gasteiger partial charge in [-0.25, -0.2) is 0 Å². The molecular formula is C17H37NO. The first-order valence-electron chi connectivity index (χ1n) is 8.18. The largest absolute Gasteiger partial charge is 0.352 e. The number of rotatable bonds is 8. The molecule has 2 nitrogen and oxygen atoms in total. The Morgan fingerprint density at radius 2 is 1.21 bits per heavy atom. The predicted molar refractivity (Wildman–Crippen MR) is 86.5 cm³/mol. The first-order chi connectivity index (χ1) is 8.87. The molecule has 2 heteroatoms. The third-order valence-corrected chi connectivity index (χ3v) is 2.73. The summed E-state index contributed by atoms with van der Waals surface area (Å²) in [5.74, 6) is 0.166. The van der Waals surface area contributed by atoms with E-state index in [1.54, 1.807) is 0 Å². The van der Waals surface area contributed by atoms with Crippen LogP contribution < -0.4 is 5.32 Å². The summed E-state index contributed by atoms with van der Waals surface area (Å²) in [5.41, 5.74) is -0.0785. The Bertz CT molecular complexity index is 188. The maximum Gasteiger partial charge on any atom is 0.220 e. The molecule has 0 aromatic rings. The zero-order chi connectivity index (χ0) is 15.1. The van der Waals surface area contributed by atoms with E-state index in [0.717, 1.165) is 12.8 Å². The van der Waals surface area contributed by atoms with Crippen molar-refractivity contribution in [1.82, 2.24) is 5.32 Å². The fourth-order valence-corrected chi connectivity index (χ4v) is 1.67. The third kappa shape index (κ3) is 23.0. The molecule has 1 N–H and O–H groups in total. The van der Waals surface area contributed by atoms with Crippen molar-refractivity contribution in [3.05, 3.63) is 0 Å². The summed E-state index contributed by atoms with van der Waals surface area (Å²) >= 11 is 0. The summed E-state index contributed by atoms with van der Waals surface area (Å²) in [5, 5.41) is 2.92. The van der Waals surface area contributed by atoms with Gasteiger partial charge >= 0.3 is 0 Å². The summed E-state index contributed by atoms with van der Waals surface area (Å²) < 4.78 is 0. The van der Waals surface area contributed by atoms with Crippen LogP contribution in [0.25, 0.3) is 0 Å². The Morgan fingerprint density at radius 3 is 1.53 bits per heavy atom. The summed E-state index contributed by atoms with van der Waals surface area (Å²) in [6.07, 6.45) is 11.2. The highest BCUT2D eigenvalue weighted by molar-refractivity contribution is 5.76. The lowest BCUT2D eigenvalue weighted by Crippen LogP contribution is -2.40. The van der Waals surface area contributed by atoms with Crippen LogP contribution in [0.15, 0.2) is 0 Å². The zero-order valence-corrected chi connectivity index (χ0v) is 14.3. The molecule has 0 saturated carbocycles. The summed E-state index contributed by atoms with van der Waals surface area (Å²) in [6, 6.07) is 0. The fourth-order valence-electron chi connectivity index (χ4n) is 1.67. The molecule has 0 atom stereocenters. The molecular weight excluding hydrogens is 234 g/mol. The van der Waals surface area contributed by atoms with Gasteiger partial charge in [-0.2, -0.15) is 0 Å². The molecule has 0 bridgehead atoms. The van der Waals surface area contributed by atoms with Crippen molar-refractivity contribution in [2.24, 2.45) is 0 Å². The Hall–Kier alpha value is -0.530. The molecule has 0 rings (SSSR count). The van der Waals surface area contributed by atoms with Crippen molar-refractivity contribution in [3.63, 3.8) is 0 Å². The maximum atomic E-state index is 11.1. The summed E-state index contributed by atoms with van der Waals surface area (Å²) in [7, 11) is 0. The normalized spacial score (nSPS) is 10.6. The van der Waals surface area contributed by atoms with Crippen molar-refractivity contribution >= 4 is 5.91 Å². The monoisotopic (exact) mass is 271 g/mol. The van der Waals surface area contributed by atoms with Gasteiger partial charge in [0.1, 0.15) is 0 Å². The van der Waals surface area contributed by atoms with E-state index < -0.39 is 0 Å². The van der Waals surface area contributed by atoms with Crippen molar-refractivity contribution in [3.8, 4) is 0 Å². The maximum absolute atomic E-state index is 11.1. The Morgan fingerprint density at radius 1 is 0.789 bits per heavy atom. The van der Waals surface area contributed by atoms with Gasteiger partial charge in [0.15, 0.2) is 0 Å². The zero-order valence-electron chi connectivity index (χ0n) is 14.3. The molecule has 0 aliphatic heterocycles. The molecule has 0 aliphatic carbocycles. The number of nitrogens with one attached hydrogen (secondary N) is 1. The molecule has 0 fully saturated rings. The molecule has 19 heavy (non-hydrogen) atoms. The molecule has 0 saturated heterocycles. The van der Waals surface area contributed by atoms with Crippen LogP contribution in [0, 0.1) is 0 Å². The summed E-state index contributed by atoms with van der Waals surface area (Å²) in [4.78, 5) is 11.1. The van der Waals surface area contributed by atoms with Gasteiger partial charge in [0.2, 0.25) is 5.91 Å². The Balaban J connectivity index is 0. The topological polar surface area (TPSA) is 29.1 Å². The van der Waals surface area contributed by atoms with Crippen LogP contribution in [0.1, 0.15) is 99.3 Å². The highest BCUT2D eigenvalue weighted by atomic mass is 16.1. The average Bonchev–Trinajstić information content (AvgIpc) is 2.31. The average molecular weight is 271 g/mol. The van der Waals surface area contributed by atoms with Crippen LogP contribution in [-0.2, 0) is 4.79 Å². The van der Waals surface area contributed by atoms with Crippen LogP contribution in [0.2, 0.25) is 0 Å². The highest BCUT2D eigenvalue weighted by Gasteiger charge is 2.12. The van der Waals surface area contributed by atoms with Gasteiger partial charge in [-0.05, 0) is 27.2 Å². The number of unbranched alkanes of at least 4 members (excludes halogenated alkanes) is 6. The number of carbonyl (C=O) groups excluding carboxylic acids is 1. The first kappa shape index (κ1) is 20.8. The van der Waals surface area contributed by atoms with E-state index in [-0.39, 0.29) is 11.4 Å². The second kappa shape index (κ2) is 13.9. The molecule has 0 aromatic heterocycles. The molecule has 0 spiro atoms. The number of hydrogen-bond donors (Lipinski definition) is 1. The summed E-state index contributed by atoms with van der Waals surface area (Å²) in [6.45, 7) is 12.6. The molecule has 0 aromatic carbocycles. The minimum Gasteiger partial charge on any atom is -0.352 e. The van der Waals surface area contributed by atoms with Gasteiger partial charge in [-0.15, -0.1) is 0 Å². The molecule has 1 amide bonds. The van der Waals surface area contributed by atoms with E-state index in [4.69, 9.17) is 0 Å². The van der Waals surface area contributed by atoms with Crippen molar-refractivity contribution in [2.45, 2.75) is 105 Å². The van der Waals surface area contributed by atoms with E-state index >= 15 is 0 Å². The molecule has 116 valence electrons. The van der Waals surface area contributed by atoms with Crippen LogP contribution in [0.4, 0.5) is 0 Å². The van der Waals surface area contributed by atoms with Crippen LogP contribution in [-0.4, -0.2) is 11.4 Å². The van der Waals surface area contributed by atoms with Crippen molar-refractivity contribution in [1.29, 1.82) is 0 Å². The smallest absolute Gasteiger partial charge is 0.220 e. The van der Waals surface area contributed by atoms with E-state index in [1.165, 1.54) is 38.5 Å². The van der Waals surface area contributed by atoms with E-state index in [9.17, 15) is 4.79 Å². The second-order valence-corrected chi connectivity index (χ2v) is 6.32. The van der Waals surface area contributed by atoms with Gasteiger partial charge in [-0.3, -0.25) is 4.79 Å². The molecule has 0 radical (unpaired) electrons. The Labute approximate surface area is 121 Å². The lowest BCUT2D eigenvalue weighted by atomic mass is 10.1. The predicted octanol–water partition coefficient (Wildman–Crippen LogP) is 5.46. The minimum atomic E-state index is -0.0785. The van der Waals surface area contributed by atoms with Crippen LogP contribution >= 0.6 is 0 Å². The number of hydrogen-bond acceptors (Lipinski definition) is 1. The lowest BCUT2D eigenvalue weighted by Gasteiger charge is -2.20. The van der Waals surface area contributed by atoms with E-state index in [0.29, 0.717) is 6.42 Å². The van der Waals surface area contributed by atoms with Gasteiger partial charge in [0, 0.05) is 12.0 Å². The van der Waals surface area contributed by atoms with Gasteiger partial charge in [0.05, 0.1) is 0 Å². The standard InChI is InChI=1S/C9H19NO.C8H18/c1-5-6-7-8(11)10-9(2,3)4;1-3-5-7-8-6-4-2/h5-7H2,1-4H3,(H,10,11);3-8H2,1-2H3. The van der Waals surface area contributed by atoms with Crippen molar-refractivity contribution in [2.75, 3.05) is 0 Å². The quantitative estimate of drug-likeness (QED) is 0.584. The van der Waals surface area contributed by atoms with Gasteiger partial charge in [0.25, 0.3) is 0 Å². The van der Waals surface area contributed by atoms with Crippen molar-refractivity contribution < 1.29 is 4.79 Å². The Kier molecular flexibility index (Phi) is 15.2.